The van der Waals surface area contributed by atoms with Crippen molar-refractivity contribution < 1.29 is 19.0 Å². The van der Waals surface area contributed by atoms with Crippen LogP contribution in [0.2, 0.25) is 0 Å². The molecular formula is C15H18N4O4. The van der Waals surface area contributed by atoms with Crippen LogP contribution in [-0.2, 0) is 0 Å². The van der Waals surface area contributed by atoms with E-state index in [1.165, 1.54) is 20.4 Å². The fraction of sp³-hybridized carbons (Fsp3) is 0.267. The molecule has 0 aliphatic heterocycles. The highest BCUT2D eigenvalue weighted by Crippen LogP contribution is 2.32. The Kier molecular flexibility index (Phi) is 5.19. The third kappa shape index (κ3) is 3.79. The Balaban J connectivity index is 2.19. The predicted molar refractivity (Wildman–Crippen MR) is 84.5 cm³/mol. The molecule has 2 rings (SSSR count). The molecular weight excluding hydrogens is 300 g/mol. The van der Waals surface area contributed by atoms with Crippen molar-refractivity contribution in [2.24, 2.45) is 5.10 Å². The van der Waals surface area contributed by atoms with Gasteiger partial charge in [0.1, 0.15) is 17.2 Å². The van der Waals surface area contributed by atoms with Gasteiger partial charge in [-0.1, -0.05) is 0 Å². The number of carbonyl (C=O) groups excluding carboxylic acids is 1. The Morgan fingerprint density at radius 1 is 1.17 bits per heavy atom. The number of aromatic nitrogens is 2. The number of nitrogens with one attached hydrogen (secondary N) is 2. The number of rotatable bonds is 6. The normalized spacial score (nSPS) is 10.6. The maximum atomic E-state index is 11.9. The lowest BCUT2D eigenvalue weighted by atomic mass is 10.2. The molecule has 0 fully saturated rings. The van der Waals surface area contributed by atoms with E-state index in [-0.39, 0.29) is 5.69 Å². The fourth-order valence-electron chi connectivity index (χ4n) is 1.91. The largest absolute Gasteiger partial charge is 0.496 e. The minimum atomic E-state index is -0.419. The van der Waals surface area contributed by atoms with E-state index in [9.17, 15) is 4.79 Å². The van der Waals surface area contributed by atoms with Crippen molar-refractivity contribution in [3.63, 3.8) is 0 Å². The summed E-state index contributed by atoms with van der Waals surface area (Å²) in [5.41, 5.74) is 4.02. The highest BCUT2D eigenvalue weighted by molar-refractivity contribution is 5.94. The molecule has 8 nitrogen and oxygen atoms in total. The number of ether oxygens (including phenoxy) is 3. The van der Waals surface area contributed by atoms with Gasteiger partial charge in [0.05, 0.1) is 33.1 Å². The van der Waals surface area contributed by atoms with Crippen molar-refractivity contribution in [2.75, 3.05) is 21.3 Å². The van der Waals surface area contributed by atoms with Crippen LogP contribution in [0, 0.1) is 6.92 Å². The average Bonchev–Trinajstić information content (AvgIpc) is 3.01. The number of carbonyl (C=O) groups is 1. The first-order valence-corrected chi connectivity index (χ1v) is 6.74. The van der Waals surface area contributed by atoms with Gasteiger partial charge in [0.15, 0.2) is 5.69 Å². The van der Waals surface area contributed by atoms with Gasteiger partial charge in [-0.2, -0.15) is 10.2 Å². The summed E-state index contributed by atoms with van der Waals surface area (Å²) < 4.78 is 15.8. The topological polar surface area (TPSA) is 97.8 Å². The molecule has 0 saturated heterocycles. The molecule has 0 saturated carbocycles. The number of methoxy groups -OCH3 is 3. The average molecular weight is 318 g/mol. The summed E-state index contributed by atoms with van der Waals surface area (Å²) in [5, 5.41) is 10.5. The Hall–Kier alpha value is -3.03. The van der Waals surface area contributed by atoms with Crippen molar-refractivity contribution in [3.05, 3.63) is 35.2 Å². The van der Waals surface area contributed by atoms with Crippen molar-refractivity contribution in [3.8, 4) is 17.2 Å². The predicted octanol–water partition coefficient (Wildman–Crippen LogP) is 1.51. The molecule has 0 bridgehead atoms. The summed E-state index contributed by atoms with van der Waals surface area (Å²) >= 11 is 0. The number of hydrogen-bond donors (Lipinski definition) is 2. The lowest BCUT2D eigenvalue weighted by Crippen LogP contribution is -2.18. The number of aryl methyl sites for hydroxylation is 1. The summed E-state index contributed by atoms with van der Waals surface area (Å²) in [6.07, 6.45) is 1.44. The van der Waals surface area contributed by atoms with Crippen LogP contribution in [0.25, 0.3) is 0 Å². The molecule has 122 valence electrons. The van der Waals surface area contributed by atoms with Crippen LogP contribution in [0.15, 0.2) is 23.3 Å². The Bertz CT molecular complexity index is 699. The molecule has 23 heavy (non-hydrogen) atoms. The lowest BCUT2D eigenvalue weighted by molar-refractivity contribution is 0.0950. The van der Waals surface area contributed by atoms with E-state index in [0.29, 0.717) is 22.8 Å². The summed E-state index contributed by atoms with van der Waals surface area (Å²) in [6.45, 7) is 1.81. The molecule has 0 aliphatic rings. The molecule has 1 aromatic carbocycles. The van der Waals surface area contributed by atoms with E-state index >= 15 is 0 Å². The standard InChI is InChI=1S/C15H18N4O4/c1-9-5-12(18-17-9)15(20)19-16-8-11-13(22-3)6-10(21-2)7-14(11)23-4/h5-8H,1-4H3,(H,17,18)(H,19,20). The van der Waals surface area contributed by atoms with E-state index in [1.807, 2.05) is 0 Å². The number of benzene rings is 1. The molecule has 0 spiro atoms. The first-order valence-electron chi connectivity index (χ1n) is 6.74. The molecule has 1 amide bonds. The highest BCUT2D eigenvalue weighted by atomic mass is 16.5. The molecule has 2 aromatic rings. The molecule has 2 N–H and O–H groups in total. The van der Waals surface area contributed by atoms with Crippen LogP contribution in [-0.4, -0.2) is 43.6 Å². The summed E-state index contributed by atoms with van der Waals surface area (Å²) in [4.78, 5) is 11.9. The van der Waals surface area contributed by atoms with Gasteiger partial charge in [-0.15, -0.1) is 0 Å². The summed E-state index contributed by atoms with van der Waals surface area (Å²) in [6, 6.07) is 5.02. The van der Waals surface area contributed by atoms with Crippen LogP contribution < -0.4 is 19.6 Å². The van der Waals surface area contributed by atoms with Crippen LogP contribution >= 0.6 is 0 Å². The molecule has 0 unspecified atom stereocenters. The second kappa shape index (κ2) is 7.30. The maximum Gasteiger partial charge on any atom is 0.291 e. The van der Waals surface area contributed by atoms with Crippen molar-refractivity contribution in [2.45, 2.75) is 6.92 Å². The third-order valence-corrected chi connectivity index (χ3v) is 3.05. The molecule has 1 heterocycles. The molecule has 8 heteroatoms. The van der Waals surface area contributed by atoms with Gasteiger partial charge < -0.3 is 14.2 Å². The van der Waals surface area contributed by atoms with Gasteiger partial charge in [-0.05, 0) is 13.0 Å². The molecule has 0 radical (unpaired) electrons. The van der Waals surface area contributed by atoms with E-state index < -0.39 is 5.91 Å². The van der Waals surface area contributed by atoms with E-state index in [0.717, 1.165) is 5.69 Å². The van der Waals surface area contributed by atoms with Gasteiger partial charge in [0.25, 0.3) is 5.91 Å². The highest BCUT2D eigenvalue weighted by Gasteiger charge is 2.12. The van der Waals surface area contributed by atoms with Crippen LogP contribution in [0.5, 0.6) is 17.2 Å². The van der Waals surface area contributed by atoms with Crippen molar-refractivity contribution in [1.29, 1.82) is 0 Å². The minimum Gasteiger partial charge on any atom is -0.496 e. The lowest BCUT2D eigenvalue weighted by Gasteiger charge is -2.12. The fourth-order valence-corrected chi connectivity index (χ4v) is 1.91. The zero-order chi connectivity index (χ0) is 16.8. The second-order valence-corrected chi connectivity index (χ2v) is 4.58. The molecule has 1 aromatic heterocycles. The number of nitrogens with zero attached hydrogens (tertiary/aromatic N) is 2. The van der Waals surface area contributed by atoms with Crippen LogP contribution in [0.4, 0.5) is 0 Å². The number of hydrazone groups is 1. The number of amides is 1. The third-order valence-electron chi connectivity index (χ3n) is 3.05. The zero-order valence-corrected chi connectivity index (χ0v) is 13.3. The number of aromatic amines is 1. The van der Waals surface area contributed by atoms with Crippen molar-refractivity contribution in [1.82, 2.24) is 15.6 Å². The quantitative estimate of drug-likeness (QED) is 0.621. The van der Waals surface area contributed by atoms with Gasteiger partial charge in [-0.3, -0.25) is 9.89 Å². The van der Waals surface area contributed by atoms with Crippen LogP contribution in [0.1, 0.15) is 21.7 Å². The Morgan fingerprint density at radius 2 is 1.83 bits per heavy atom. The van der Waals surface area contributed by atoms with E-state index in [4.69, 9.17) is 14.2 Å². The number of hydrogen-bond acceptors (Lipinski definition) is 6. The molecule has 0 atom stereocenters. The van der Waals surface area contributed by atoms with Crippen molar-refractivity contribution >= 4 is 12.1 Å². The smallest absolute Gasteiger partial charge is 0.291 e. The van der Waals surface area contributed by atoms with Gasteiger partial charge in [0.2, 0.25) is 0 Å². The zero-order valence-electron chi connectivity index (χ0n) is 13.3. The van der Waals surface area contributed by atoms with E-state index in [2.05, 4.69) is 20.7 Å². The second-order valence-electron chi connectivity index (χ2n) is 4.58. The SMILES string of the molecule is COc1cc(OC)c(C=NNC(=O)c2cc(C)[nH]n2)c(OC)c1. The summed E-state index contributed by atoms with van der Waals surface area (Å²) in [7, 11) is 4.60. The van der Waals surface area contributed by atoms with Gasteiger partial charge in [-0.25, -0.2) is 5.43 Å². The minimum absolute atomic E-state index is 0.258. The van der Waals surface area contributed by atoms with Gasteiger partial charge in [0, 0.05) is 17.8 Å². The molecule has 0 aliphatic carbocycles. The van der Waals surface area contributed by atoms with Gasteiger partial charge >= 0.3 is 0 Å². The Labute approximate surface area is 133 Å². The van der Waals surface area contributed by atoms with E-state index in [1.54, 1.807) is 32.2 Å². The maximum absolute atomic E-state index is 11.9. The van der Waals surface area contributed by atoms with Crippen LogP contribution in [0.3, 0.4) is 0 Å². The monoisotopic (exact) mass is 318 g/mol. The summed E-state index contributed by atoms with van der Waals surface area (Å²) in [5.74, 6) is 1.19. The first-order chi connectivity index (χ1) is 11.1. The number of H-pyrrole nitrogens is 1. The first kappa shape index (κ1) is 16.3. The Morgan fingerprint density at radius 3 is 2.30 bits per heavy atom.